The van der Waals surface area contributed by atoms with Crippen LogP contribution in [-0.2, 0) is 33.1 Å². The van der Waals surface area contributed by atoms with Gasteiger partial charge in [-0.25, -0.2) is 4.39 Å². The minimum Gasteiger partial charge on any atom is -0.466 e. The summed E-state index contributed by atoms with van der Waals surface area (Å²) >= 11 is 0. The van der Waals surface area contributed by atoms with E-state index in [2.05, 4.69) is 10.9 Å². The number of rotatable bonds is 14. The molecule has 3 rings (SSSR count). The molecule has 0 saturated carbocycles. The number of hydrogen-bond acceptors (Lipinski definition) is 5. The Morgan fingerprint density at radius 3 is 2.20 bits per heavy atom. The minimum absolute atomic E-state index is 0.00190. The van der Waals surface area contributed by atoms with Gasteiger partial charge < -0.3 is 14.2 Å². The van der Waals surface area contributed by atoms with Crippen molar-refractivity contribution in [2.75, 3.05) is 27.2 Å². The number of allylic oxidation sites excluding steroid dienone is 1. The van der Waals surface area contributed by atoms with Crippen molar-refractivity contribution in [3.05, 3.63) is 97.7 Å². The Balaban J connectivity index is 2.17. The van der Waals surface area contributed by atoms with Crippen molar-refractivity contribution >= 4 is 17.7 Å². The maximum Gasteiger partial charge on any atom is 0.416 e. The molecule has 0 N–H and O–H groups in total. The number of alkyl halides is 6. The average Bonchev–Trinajstić information content (AvgIpc) is 3.04. The first-order valence-corrected chi connectivity index (χ1v) is 17.5. The minimum atomic E-state index is -4.80. The molecule has 54 heavy (non-hydrogen) atoms. The summed E-state index contributed by atoms with van der Waals surface area (Å²) in [7, 11) is 3.55. The number of amides is 1. The molecule has 0 fully saturated rings. The number of aliphatic imine (C=N–C) groups is 1. The van der Waals surface area contributed by atoms with Crippen LogP contribution < -0.4 is 5.56 Å². The third kappa shape index (κ3) is 11.2. The summed E-state index contributed by atoms with van der Waals surface area (Å²) in [5.74, 6) is -1.32. The normalized spacial score (nSPS) is 13.1. The summed E-state index contributed by atoms with van der Waals surface area (Å²) < 4.78 is 105. The van der Waals surface area contributed by atoms with E-state index in [4.69, 9.17) is 4.74 Å². The van der Waals surface area contributed by atoms with Gasteiger partial charge in [0.25, 0.3) is 11.5 Å². The first-order valence-electron chi connectivity index (χ1n) is 17.5. The van der Waals surface area contributed by atoms with E-state index >= 15 is 4.39 Å². The van der Waals surface area contributed by atoms with Crippen LogP contribution in [0.3, 0.4) is 0 Å². The number of aryl methyl sites for hydroxylation is 3. The fraction of sp³-hybridized carbons (Fsp3) is 0.475. The number of hydrogen-bond donors (Lipinski definition) is 0. The summed E-state index contributed by atoms with van der Waals surface area (Å²) in [6.45, 7) is 9.94. The van der Waals surface area contributed by atoms with Crippen LogP contribution in [0.2, 0.25) is 0 Å². The number of halogens is 7. The monoisotopic (exact) mass is 765 g/mol. The highest BCUT2D eigenvalue weighted by atomic mass is 19.4. The van der Waals surface area contributed by atoms with E-state index in [-0.39, 0.29) is 58.7 Å². The maximum absolute atomic E-state index is 15.9. The third-order valence-corrected chi connectivity index (χ3v) is 8.93. The van der Waals surface area contributed by atoms with Gasteiger partial charge in [-0.1, -0.05) is 19.9 Å². The summed E-state index contributed by atoms with van der Waals surface area (Å²) in [5.41, 5.74) is -2.24. The zero-order valence-corrected chi connectivity index (χ0v) is 31.6. The predicted molar refractivity (Wildman–Crippen MR) is 193 cm³/mol. The van der Waals surface area contributed by atoms with Gasteiger partial charge in [0.2, 0.25) is 0 Å². The molecule has 0 radical (unpaired) electrons. The van der Waals surface area contributed by atoms with Gasteiger partial charge >= 0.3 is 18.3 Å². The standard InChI is InChI=1S/C40H46F7N3O4/c1-9-54-35(52)20-27(30-19-29(18-25(5)37(30)41)36-24(4)12-13-31(26(36)6)39(42,43)44)14-15-48-38(53)33(17-23(2)3)50-22-28(11-10-16-49(7)8)32(21-34(50)51)40(45,46)47/h12-14,18-19,21-23,27,33H,9-11,16-17,20H2,1-8H3. The second-order valence-corrected chi connectivity index (χ2v) is 14.0. The van der Waals surface area contributed by atoms with Crippen molar-refractivity contribution in [3.63, 3.8) is 0 Å². The molecule has 294 valence electrons. The largest absolute Gasteiger partial charge is 0.466 e. The van der Waals surface area contributed by atoms with Crippen LogP contribution in [0, 0.1) is 32.5 Å². The lowest BCUT2D eigenvalue weighted by atomic mass is 9.86. The molecular formula is C40H46F7N3O4. The van der Waals surface area contributed by atoms with Crippen molar-refractivity contribution in [1.82, 2.24) is 9.47 Å². The first-order chi connectivity index (χ1) is 25.1. The number of aromatic nitrogens is 1. The molecule has 0 spiro atoms. The van der Waals surface area contributed by atoms with Gasteiger partial charge in [0.1, 0.15) is 11.9 Å². The van der Waals surface area contributed by atoms with Crippen molar-refractivity contribution in [1.29, 1.82) is 0 Å². The van der Waals surface area contributed by atoms with E-state index < -0.39 is 65.1 Å². The Morgan fingerprint density at radius 1 is 0.981 bits per heavy atom. The highest BCUT2D eigenvalue weighted by Gasteiger charge is 2.36. The summed E-state index contributed by atoms with van der Waals surface area (Å²) in [5, 5.41) is 0. The predicted octanol–water partition coefficient (Wildman–Crippen LogP) is 9.19. The fourth-order valence-corrected chi connectivity index (χ4v) is 6.40. The molecule has 7 nitrogen and oxygen atoms in total. The Bertz CT molecular complexity index is 1960. The van der Waals surface area contributed by atoms with E-state index in [0.717, 1.165) is 22.9 Å². The molecule has 1 amide bonds. The lowest BCUT2D eigenvalue weighted by molar-refractivity contribution is -0.143. The number of esters is 1. The lowest BCUT2D eigenvalue weighted by Crippen LogP contribution is -2.32. The van der Waals surface area contributed by atoms with Crippen LogP contribution in [0.25, 0.3) is 11.1 Å². The molecule has 0 bridgehead atoms. The zero-order chi connectivity index (χ0) is 40.7. The maximum atomic E-state index is 15.9. The van der Waals surface area contributed by atoms with E-state index in [1.54, 1.807) is 41.8 Å². The molecule has 0 aliphatic heterocycles. The topological polar surface area (TPSA) is 81.0 Å². The zero-order valence-electron chi connectivity index (χ0n) is 31.6. The molecule has 0 saturated heterocycles. The molecule has 3 aromatic rings. The van der Waals surface area contributed by atoms with Crippen molar-refractivity contribution in [3.8, 4) is 11.1 Å². The molecule has 1 heterocycles. The van der Waals surface area contributed by atoms with Gasteiger partial charge in [-0.15, -0.1) is 0 Å². The Morgan fingerprint density at radius 2 is 1.63 bits per heavy atom. The summed E-state index contributed by atoms with van der Waals surface area (Å²) in [6, 6.07) is 4.20. The number of carbonyl (C=O) groups excluding carboxylic acids is 2. The third-order valence-electron chi connectivity index (χ3n) is 8.93. The number of carbonyl (C=O) groups is 2. The molecule has 2 unspecified atom stereocenters. The number of nitrogens with zero attached hydrogens (tertiary/aromatic N) is 3. The smallest absolute Gasteiger partial charge is 0.416 e. The van der Waals surface area contributed by atoms with Crippen LogP contribution in [-0.4, -0.2) is 54.5 Å². The van der Waals surface area contributed by atoms with E-state index in [0.29, 0.717) is 24.6 Å². The van der Waals surface area contributed by atoms with Crippen LogP contribution in [0.1, 0.15) is 90.9 Å². The van der Waals surface area contributed by atoms with Gasteiger partial charge in [-0.05, 0) is 143 Å². The highest BCUT2D eigenvalue weighted by Crippen LogP contribution is 2.40. The summed E-state index contributed by atoms with van der Waals surface area (Å²) in [6.07, 6.45) is -7.33. The van der Waals surface area contributed by atoms with Gasteiger partial charge in [0.15, 0.2) is 0 Å². The fourth-order valence-electron chi connectivity index (χ4n) is 6.40. The molecule has 2 atom stereocenters. The van der Waals surface area contributed by atoms with Gasteiger partial charge in [-0.3, -0.25) is 14.4 Å². The molecule has 0 aliphatic carbocycles. The van der Waals surface area contributed by atoms with Crippen molar-refractivity contribution in [2.45, 2.75) is 91.5 Å². The second kappa shape index (κ2) is 18.2. The number of benzene rings is 2. The Kier molecular flexibility index (Phi) is 14.8. The van der Waals surface area contributed by atoms with Crippen LogP contribution in [0.4, 0.5) is 30.7 Å². The van der Waals surface area contributed by atoms with E-state index in [1.807, 2.05) is 4.90 Å². The SMILES string of the molecule is CCOC(=O)CC(C=C=NC(=O)C(CC(C)C)n1cc(CCCN(C)C)c(C(F)(F)F)cc1=O)c1cc(-c2c(C)ccc(C(F)(F)F)c2C)cc(C)c1F. The average molecular weight is 766 g/mol. The van der Waals surface area contributed by atoms with Gasteiger partial charge in [0, 0.05) is 18.2 Å². The van der Waals surface area contributed by atoms with Crippen LogP contribution in [0.15, 0.2) is 52.4 Å². The van der Waals surface area contributed by atoms with E-state index in [9.17, 15) is 40.7 Å². The van der Waals surface area contributed by atoms with Crippen LogP contribution in [0.5, 0.6) is 0 Å². The molecular weight excluding hydrogens is 719 g/mol. The Hall–Kier alpha value is -4.55. The Labute approximate surface area is 310 Å². The highest BCUT2D eigenvalue weighted by molar-refractivity contribution is 5.87. The number of ether oxygens (including phenoxy) is 1. The van der Waals surface area contributed by atoms with Gasteiger partial charge in [-0.2, -0.15) is 31.3 Å². The second-order valence-electron chi connectivity index (χ2n) is 14.0. The summed E-state index contributed by atoms with van der Waals surface area (Å²) in [4.78, 5) is 45.1. The van der Waals surface area contributed by atoms with Crippen molar-refractivity contribution in [2.24, 2.45) is 10.9 Å². The first kappa shape index (κ1) is 43.9. The molecule has 2 aromatic carbocycles. The van der Waals surface area contributed by atoms with Crippen LogP contribution >= 0.6 is 0 Å². The molecule has 0 aliphatic rings. The molecule has 14 heteroatoms. The number of pyridine rings is 1. The molecule has 1 aromatic heterocycles. The lowest BCUT2D eigenvalue weighted by Gasteiger charge is -2.22. The quantitative estimate of drug-likeness (QED) is 0.0930. The van der Waals surface area contributed by atoms with E-state index in [1.165, 1.54) is 32.0 Å². The van der Waals surface area contributed by atoms with Crippen molar-refractivity contribution < 1.29 is 45.1 Å². The van der Waals surface area contributed by atoms with Gasteiger partial charge in [0.05, 0.1) is 24.2 Å².